The number of carbonyl (C=O) groups excluding carboxylic acids is 1. The molecule has 1 amide bonds. The molecule has 0 aromatic rings. The monoisotopic (exact) mass is 183 g/mol. The first-order valence-electron chi connectivity index (χ1n) is 2.60. The van der Waals surface area contributed by atoms with E-state index in [2.05, 4.69) is 9.82 Å². The van der Waals surface area contributed by atoms with Crippen LogP contribution in [0.3, 0.4) is 0 Å². The molecule has 0 aliphatic rings. The van der Waals surface area contributed by atoms with E-state index < -0.39 is 7.15 Å². The summed E-state index contributed by atoms with van der Waals surface area (Å²) in [6.45, 7) is 1.33. The molecule has 4 nitrogen and oxygen atoms in total. The van der Waals surface area contributed by atoms with Crippen molar-refractivity contribution in [1.82, 2.24) is 5.09 Å². The Hall–Kier alpha value is 0.0100. The van der Waals surface area contributed by atoms with Gasteiger partial charge in [-0.2, -0.15) is 0 Å². The van der Waals surface area contributed by atoms with Crippen LogP contribution in [0, 0.1) is 0 Å². The third-order valence-electron chi connectivity index (χ3n) is 0.586. The molecule has 0 aromatic heterocycles. The van der Waals surface area contributed by atoms with Gasteiger partial charge < -0.3 is 9.82 Å². The highest BCUT2D eigenvalue weighted by atomic mass is 32.7. The minimum absolute atomic E-state index is 0.271. The highest BCUT2D eigenvalue weighted by Crippen LogP contribution is 2.32. The normalized spacial score (nSPS) is 12.6. The Morgan fingerprint density at radius 1 is 1.80 bits per heavy atom. The van der Waals surface area contributed by atoms with Gasteiger partial charge >= 0.3 is 0 Å². The van der Waals surface area contributed by atoms with E-state index in [1.807, 2.05) is 0 Å². The summed E-state index contributed by atoms with van der Waals surface area (Å²) in [5, 5.41) is 2.27. The summed E-state index contributed by atoms with van der Waals surface area (Å²) in [6, 6.07) is 0. The number of ether oxygens (including phenoxy) is 1. The smallest absolute Gasteiger partial charge is 0.222 e. The first-order chi connectivity index (χ1) is 4.66. The molecule has 0 aromatic carbocycles. The Balaban J connectivity index is 3.35. The third kappa shape index (κ3) is 6.13. The van der Waals surface area contributed by atoms with Crippen LogP contribution < -0.4 is 5.09 Å². The SMILES string of the molecule is COCS[PH](=O)NC(C)=O. The quantitative estimate of drug-likeness (QED) is 0.518. The molecule has 10 heavy (non-hydrogen) atoms. The van der Waals surface area contributed by atoms with Crippen molar-refractivity contribution in [3.8, 4) is 0 Å². The fourth-order valence-corrected chi connectivity index (χ4v) is 2.20. The molecule has 0 aliphatic heterocycles. The lowest BCUT2D eigenvalue weighted by atomic mass is 10.8. The number of methoxy groups -OCH3 is 1. The largest absolute Gasteiger partial charge is 0.374 e. The summed E-state index contributed by atoms with van der Waals surface area (Å²) in [4.78, 5) is 10.3. The first kappa shape index (κ1) is 10.0. The predicted molar refractivity (Wildman–Crippen MR) is 42.3 cm³/mol. The van der Waals surface area contributed by atoms with Crippen LogP contribution >= 0.6 is 18.5 Å². The van der Waals surface area contributed by atoms with Crippen molar-refractivity contribution in [1.29, 1.82) is 0 Å². The van der Waals surface area contributed by atoms with E-state index >= 15 is 0 Å². The molecule has 0 heterocycles. The number of amides is 1. The molecule has 0 aliphatic carbocycles. The summed E-state index contributed by atoms with van der Waals surface area (Å²) in [5.41, 5.74) is 0. The fourth-order valence-electron chi connectivity index (χ4n) is 0.292. The summed E-state index contributed by atoms with van der Waals surface area (Å²) >= 11 is 1.10. The van der Waals surface area contributed by atoms with Crippen molar-refractivity contribution in [3.63, 3.8) is 0 Å². The highest BCUT2D eigenvalue weighted by Gasteiger charge is 1.99. The number of nitrogens with one attached hydrogen (secondary N) is 1. The standard InChI is InChI=1S/C4H10NO3PS/c1-4(6)5-9(7)10-3-8-2/h9H,3H2,1-2H3,(H,5,6,7). The van der Waals surface area contributed by atoms with Crippen molar-refractivity contribution >= 4 is 24.4 Å². The lowest BCUT2D eigenvalue weighted by Crippen LogP contribution is -2.08. The van der Waals surface area contributed by atoms with Crippen molar-refractivity contribution in [2.24, 2.45) is 0 Å². The van der Waals surface area contributed by atoms with Gasteiger partial charge in [-0.05, 0) is 0 Å². The van der Waals surface area contributed by atoms with Gasteiger partial charge in [0.2, 0.25) is 13.1 Å². The molecule has 6 heteroatoms. The van der Waals surface area contributed by atoms with Crippen molar-refractivity contribution in [2.45, 2.75) is 6.92 Å². The molecule has 1 atom stereocenters. The number of hydrogen-bond acceptors (Lipinski definition) is 4. The van der Waals surface area contributed by atoms with E-state index in [4.69, 9.17) is 0 Å². The van der Waals surface area contributed by atoms with Gasteiger partial charge in [-0.15, -0.1) is 0 Å². The van der Waals surface area contributed by atoms with Gasteiger partial charge in [-0.25, -0.2) is 0 Å². The zero-order valence-electron chi connectivity index (χ0n) is 5.84. The van der Waals surface area contributed by atoms with Gasteiger partial charge in [-0.1, -0.05) is 11.4 Å². The number of carbonyl (C=O) groups is 1. The first-order valence-corrected chi connectivity index (χ1v) is 5.72. The van der Waals surface area contributed by atoms with E-state index in [1.165, 1.54) is 14.0 Å². The maximum Gasteiger partial charge on any atom is 0.222 e. The van der Waals surface area contributed by atoms with Gasteiger partial charge in [0.1, 0.15) is 5.94 Å². The Labute approximate surface area is 64.3 Å². The lowest BCUT2D eigenvalue weighted by Gasteiger charge is -1.99. The second kappa shape index (κ2) is 5.77. The second-order valence-corrected chi connectivity index (χ2v) is 4.85. The molecule has 0 saturated heterocycles. The predicted octanol–water partition coefficient (Wildman–Crippen LogP) is 0.849. The number of rotatable bonds is 4. The lowest BCUT2D eigenvalue weighted by molar-refractivity contribution is -0.117. The zero-order valence-corrected chi connectivity index (χ0v) is 7.66. The zero-order chi connectivity index (χ0) is 7.98. The van der Waals surface area contributed by atoms with Crippen LogP contribution in [-0.4, -0.2) is 19.0 Å². The van der Waals surface area contributed by atoms with E-state index in [0.29, 0.717) is 5.94 Å². The molecule has 1 unspecified atom stereocenters. The van der Waals surface area contributed by atoms with Gasteiger partial charge in [0.05, 0.1) is 0 Å². The minimum atomic E-state index is -2.01. The molecular weight excluding hydrogens is 173 g/mol. The molecule has 0 fully saturated rings. The van der Waals surface area contributed by atoms with Crippen molar-refractivity contribution in [3.05, 3.63) is 0 Å². The molecule has 1 N–H and O–H groups in total. The highest BCUT2D eigenvalue weighted by molar-refractivity contribution is 8.51. The van der Waals surface area contributed by atoms with Gasteiger partial charge in [0.25, 0.3) is 0 Å². The fraction of sp³-hybridized carbons (Fsp3) is 0.750. The second-order valence-electron chi connectivity index (χ2n) is 1.52. The average Bonchev–Trinajstić information content (AvgIpc) is 1.82. The van der Waals surface area contributed by atoms with Crippen molar-refractivity contribution in [2.75, 3.05) is 13.0 Å². The Morgan fingerprint density at radius 3 is 2.80 bits per heavy atom. The van der Waals surface area contributed by atoms with Crippen LogP contribution in [-0.2, 0) is 14.1 Å². The van der Waals surface area contributed by atoms with Gasteiger partial charge in [0, 0.05) is 14.0 Å². The summed E-state index contributed by atoms with van der Waals surface area (Å²) < 4.78 is 15.4. The van der Waals surface area contributed by atoms with E-state index in [-0.39, 0.29) is 5.91 Å². The van der Waals surface area contributed by atoms with E-state index in [0.717, 1.165) is 11.4 Å². The maximum atomic E-state index is 10.7. The minimum Gasteiger partial charge on any atom is -0.374 e. The van der Waals surface area contributed by atoms with Gasteiger partial charge in [-0.3, -0.25) is 9.36 Å². The maximum absolute atomic E-state index is 10.7. The molecule has 0 spiro atoms. The van der Waals surface area contributed by atoms with Crippen LogP contribution in [0.1, 0.15) is 6.92 Å². The summed E-state index contributed by atoms with van der Waals surface area (Å²) in [6.07, 6.45) is 0. The van der Waals surface area contributed by atoms with Crippen molar-refractivity contribution < 1.29 is 14.1 Å². The van der Waals surface area contributed by atoms with Crippen LogP contribution in [0.25, 0.3) is 0 Å². The molecule has 0 rings (SSSR count). The molecule has 0 radical (unpaired) electrons. The Kier molecular flexibility index (Phi) is 5.78. The van der Waals surface area contributed by atoms with E-state index in [9.17, 15) is 9.36 Å². The average molecular weight is 183 g/mol. The molecular formula is C4H10NO3PS. The van der Waals surface area contributed by atoms with E-state index in [1.54, 1.807) is 0 Å². The van der Waals surface area contributed by atoms with Crippen LogP contribution in [0.2, 0.25) is 0 Å². The number of hydrogen-bond donors (Lipinski definition) is 1. The Morgan fingerprint density at radius 2 is 2.40 bits per heavy atom. The van der Waals surface area contributed by atoms with Crippen LogP contribution in [0.4, 0.5) is 0 Å². The third-order valence-corrected chi connectivity index (χ3v) is 3.20. The molecule has 0 saturated carbocycles. The summed E-state index contributed by atoms with van der Waals surface area (Å²) in [7, 11) is -0.500. The Bertz CT molecular complexity index is 140. The topological polar surface area (TPSA) is 55.4 Å². The van der Waals surface area contributed by atoms with Crippen LogP contribution in [0.5, 0.6) is 0 Å². The van der Waals surface area contributed by atoms with Crippen LogP contribution in [0.15, 0.2) is 0 Å². The van der Waals surface area contributed by atoms with Gasteiger partial charge in [0.15, 0.2) is 0 Å². The summed E-state index contributed by atoms with van der Waals surface area (Å²) in [5.74, 6) is 0.0745. The molecule has 60 valence electrons. The molecule has 0 bridgehead atoms.